The van der Waals surface area contributed by atoms with Gasteiger partial charge in [0.05, 0.1) is 6.61 Å². The molecule has 1 aromatic rings. The first-order valence-electron chi connectivity index (χ1n) is 10.2. The van der Waals surface area contributed by atoms with Gasteiger partial charge in [0.25, 0.3) is 0 Å². The Morgan fingerprint density at radius 1 is 1.19 bits per heavy atom. The first kappa shape index (κ1) is 20.5. The SMILES string of the molecule is CC(C)(C)OC(=O)N1CCC(CCOc2ccc(Br)cc2C2CCC2)CC1. The Balaban J connectivity index is 1.43. The fourth-order valence-electron chi connectivity index (χ4n) is 3.76. The molecule has 0 bridgehead atoms. The van der Waals surface area contributed by atoms with Gasteiger partial charge in [0, 0.05) is 17.6 Å². The van der Waals surface area contributed by atoms with Crippen LogP contribution in [0.3, 0.4) is 0 Å². The Morgan fingerprint density at radius 2 is 1.89 bits per heavy atom. The molecule has 0 N–H and O–H groups in total. The molecule has 1 aliphatic carbocycles. The van der Waals surface area contributed by atoms with Gasteiger partial charge in [0.2, 0.25) is 0 Å². The maximum Gasteiger partial charge on any atom is 0.410 e. The number of rotatable bonds is 5. The van der Waals surface area contributed by atoms with Crippen molar-refractivity contribution in [3.8, 4) is 5.75 Å². The fourth-order valence-corrected chi connectivity index (χ4v) is 4.13. The Hall–Kier alpha value is -1.23. The van der Waals surface area contributed by atoms with Crippen molar-refractivity contribution in [3.63, 3.8) is 0 Å². The van der Waals surface area contributed by atoms with E-state index in [9.17, 15) is 4.79 Å². The second-order valence-corrected chi connectivity index (χ2v) is 9.77. The smallest absolute Gasteiger partial charge is 0.410 e. The summed E-state index contributed by atoms with van der Waals surface area (Å²) in [4.78, 5) is 14.0. The highest BCUT2D eigenvalue weighted by Gasteiger charge is 2.27. The predicted octanol–water partition coefficient (Wildman–Crippen LogP) is 6.13. The summed E-state index contributed by atoms with van der Waals surface area (Å²) in [5.74, 6) is 2.33. The van der Waals surface area contributed by atoms with E-state index in [0.717, 1.165) is 49.2 Å². The van der Waals surface area contributed by atoms with Crippen molar-refractivity contribution in [1.29, 1.82) is 0 Å². The summed E-state index contributed by atoms with van der Waals surface area (Å²) in [7, 11) is 0. The highest BCUT2D eigenvalue weighted by molar-refractivity contribution is 9.10. The molecule has 4 nitrogen and oxygen atoms in total. The third kappa shape index (κ3) is 5.87. The molecule has 3 rings (SSSR count). The zero-order valence-corrected chi connectivity index (χ0v) is 18.4. The number of benzene rings is 1. The summed E-state index contributed by atoms with van der Waals surface area (Å²) in [5, 5.41) is 0. The molecule has 0 atom stereocenters. The number of carbonyl (C=O) groups is 1. The summed E-state index contributed by atoms with van der Waals surface area (Å²) >= 11 is 3.59. The molecule has 5 heteroatoms. The Bertz CT molecular complexity index is 643. The van der Waals surface area contributed by atoms with Crippen LogP contribution in [0, 0.1) is 5.92 Å². The van der Waals surface area contributed by atoms with Crippen LogP contribution in [0.15, 0.2) is 22.7 Å². The van der Waals surface area contributed by atoms with E-state index in [1.807, 2.05) is 25.7 Å². The van der Waals surface area contributed by atoms with Crippen molar-refractivity contribution in [2.24, 2.45) is 5.92 Å². The first-order chi connectivity index (χ1) is 12.8. The van der Waals surface area contributed by atoms with Gasteiger partial charge in [-0.1, -0.05) is 22.4 Å². The van der Waals surface area contributed by atoms with Crippen LogP contribution in [-0.2, 0) is 4.74 Å². The van der Waals surface area contributed by atoms with E-state index in [2.05, 4.69) is 34.1 Å². The van der Waals surface area contributed by atoms with E-state index in [4.69, 9.17) is 9.47 Å². The standard InChI is InChI=1S/C22H32BrNO3/c1-22(2,3)27-21(25)24-12-9-16(10-13-24)11-14-26-20-8-7-18(23)15-19(20)17-5-4-6-17/h7-8,15-17H,4-6,9-14H2,1-3H3. The van der Waals surface area contributed by atoms with Crippen LogP contribution in [0.2, 0.25) is 0 Å². The number of nitrogens with zero attached hydrogens (tertiary/aromatic N) is 1. The van der Waals surface area contributed by atoms with Crippen molar-refractivity contribution in [1.82, 2.24) is 4.90 Å². The quantitative estimate of drug-likeness (QED) is 0.555. The molecule has 1 aliphatic heterocycles. The lowest BCUT2D eigenvalue weighted by molar-refractivity contribution is 0.0177. The van der Waals surface area contributed by atoms with Gasteiger partial charge in [-0.15, -0.1) is 0 Å². The molecule has 0 unspecified atom stereocenters. The second kappa shape index (κ2) is 8.85. The van der Waals surface area contributed by atoms with Crippen molar-refractivity contribution < 1.29 is 14.3 Å². The van der Waals surface area contributed by atoms with Gasteiger partial charge in [0.15, 0.2) is 0 Å². The molecule has 0 spiro atoms. The van der Waals surface area contributed by atoms with Crippen LogP contribution >= 0.6 is 15.9 Å². The molecular formula is C22H32BrNO3. The molecule has 1 amide bonds. The summed E-state index contributed by atoms with van der Waals surface area (Å²) in [5.41, 5.74) is 0.931. The van der Waals surface area contributed by atoms with Crippen LogP contribution < -0.4 is 4.74 Å². The lowest BCUT2D eigenvalue weighted by Gasteiger charge is -2.33. The average molecular weight is 438 g/mol. The number of halogens is 1. The van der Waals surface area contributed by atoms with Crippen molar-refractivity contribution in [3.05, 3.63) is 28.2 Å². The van der Waals surface area contributed by atoms with Gasteiger partial charge in [-0.05, 0) is 88.5 Å². The number of amides is 1. The van der Waals surface area contributed by atoms with Crippen LogP contribution in [0.5, 0.6) is 5.75 Å². The lowest BCUT2D eigenvalue weighted by Crippen LogP contribution is -2.41. The van der Waals surface area contributed by atoms with E-state index in [1.165, 1.54) is 24.8 Å². The third-order valence-electron chi connectivity index (χ3n) is 5.57. The minimum absolute atomic E-state index is 0.183. The maximum absolute atomic E-state index is 12.2. The number of ether oxygens (including phenoxy) is 2. The monoisotopic (exact) mass is 437 g/mol. The number of hydrogen-bond acceptors (Lipinski definition) is 3. The molecule has 0 aromatic heterocycles. The molecule has 1 heterocycles. The van der Waals surface area contributed by atoms with Gasteiger partial charge in [-0.3, -0.25) is 0 Å². The molecule has 2 aliphatic rings. The number of likely N-dealkylation sites (tertiary alicyclic amines) is 1. The van der Waals surface area contributed by atoms with Crippen LogP contribution in [-0.4, -0.2) is 36.3 Å². The van der Waals surface area contributed by atoms with E-state index in [1.54, 1.807) is 0 Å². The summed E-state index contributed by atoms with van der Waals surface area (Å²) in [6, 6.07) is 6.39. The lowest BCUT2D eigenvalue weighted by atomic mass is 9.80. The van der Waals surface area contributed by atoms with E-state index in [0.29, 0.717) is 11.8 Å². The van der Waals surface area contributed by atoms with Crippen molar-refractivity contribution in [2.75, 3.05) is 19.7 Å². The number of carbonyl (C=O) groups excluding carboxylic acids is 1. The second-order valence-electron chi connectivity index (χ2n) is 8.86. The third-order valence-corrected chi connectivity index (χ3v) is 6.06. The van der Waals surface area contributed by atoms with Gasteiger partial charge >= 0.3 is 6.09 Å². The van der Waals surface area contributed by atoms with Crippen molar-refractivity contribution >= 4 is 22.0 Å². The summed E-state index contributed by atoms with van der Waals surface area (Å²) < 4.78 is 12.8. The Morgan fingerprint density at radius 3 is 2.48 bits per heavy atom. The van der Waals surface area contributed by atoms with Gasteiger partial charge in [-0.2, -0.15) is 0 Å². The molecule has 1 aromatic carbocycles. The highest BCUT2D eigenvalue weighted by Crippen LogP contribution is 2.42. The van der Waals surface area contributed by atoms with Crippen LogP contribution in [0.4, 0.5) is 4.79 Å². The number of piperidine rings is 1. The van der Waals surface area contributed by atoms with Gasteiger partial charge in [0.1, 0.15) is 11.4 Å². The normalized spacial score (nSPS) is 18.9. The summed E-state index contributed by atoms with van der Waals surface area (Å²) in [6.45, 7) is 8.05. The Kier molecular flexibility index (Phi) is 6.72. The maximum atomic E-state index is 12.2. The zero-order chi connectivity index (χ0) is 19.4. The van der Waals surface area contributed by atoms with Gasteiger partial charge < -0.3 is 14.4 Å². The molecule has 150 valence electrons. The molecule has 27 heavy (non-hydrogen) atoms. The van der Waals surface area contributed by atoms with Crippen molar-refractivity contribution in [2.45, 2.75) is 70.8 Å². The largest absolute Gasteiger partial charge is 0.493 e. The fraction of sp³-hybridized carbons (Fsp3) is 0.682. The van der Waals surface area contributed by atoms with Crippen LogP contribution in [0.25, 0.3) is 0 Å². The minimum atomic E-state index is -0.426. The molecule has 2 fully saturated rings. The molecular weight excluding hydrogens is 406 g/mol. The highest BCUT2D eigenvalue weighted by atomic mass is 79.9. The van der Waals surface area contributed by atoms with E-state index < -0.39 is 5.60 Å². The predicted molar refractivity (Wildman–Crippen MR) is 111 cm³/mol. The zero-order valence-electron chi connectivity index (χ0n) is 16.8. The molecule has 0 radical (unpaired) electrons. The Labute approximate surface area is 171 Å². The average Bonchev–Trinajstić information content (AvgIpc) is 2.54. The minimum Gasteiger partial charge on any atom is -0.493 e. The molecule has 1 saturated carbocycles. The first-order valence-corrected chi connectivity index (χ1v) is 11.0. The molecule has 1 saturated heterocycles. The summed E-state index contributed by atoms with van der Waals surface area (Å²) in [6.07, 6.45) is 6.79. The van der Waals surface area contributed by atoms with Crippen LogP contribution in [0.1, 0.15) is 70.8 Å². The topological polar surface area (TPSA) is 38.8 Å². The van der Waals surface area contributed by atoms with E-state index in [-0.39, 0.29) is 6.09 Å². The number of hydrogen-bond donors (Lipinski definition) is 0. The van der Waals surface area contributed by atoms with Gasteiger partial charge in [-0.25, -0.2) is 4.79 Å². The van der Waals surface area contributed by atoms with E-state index >= 15 is 0 Å².